The van der Waals surface area contributed by atoms with Gasteiger partial charge in [0.05, 0.1) is 33.5 Å². The monoisotopic (exact) mass is 379 g/mol. The van der Waals surface area contributed by atoms with Crippen LogP contribution >= 0.6 is 0 Å². The van der Waals surface area contributed by atoms with Crippen LogP contribution in [0.4, 0.5) is 0 Å². The van der Waals surface area contributed by atoms with Gasteiger partial charge in [0.25, 0.3) is 0 Å². The lowest BCUT2D eigenvalue weighted by Gasteiger charge is -2.17. The van der Waals surface area contributed by atoms with Gasteiger partial charge < -0.3 is 18.9 Å². The molecule has 2 aromatic carbocycles. The van der Waals surface area contributed by atoms with Crippen molar-refractivity contribution in [3.05, 3.63) is 65.7 Å². The highest BCUT2D eigenvalue weighted by Crippen LogP contribution is 2.42. The van der Waals surface area contributed by atoms with E-state index in [0.29, 0.717) is 36.0 Å². The van der Waals surface area contributed by atoms with E-state index < -0.39 is 0 Å². The molecule has 147 valence electrons. The van der Waals surface area contributed by atoms with Crippen LogP contribution in [-0.2, 0) is 17.6 Å². The van der Waals surface area contributed by atoms with E-state index in [1.165, 1.54) is 5.56 Å². The number of hydrogen-bond acceptors (Lipinski definition) is 4. The van der Waals surface area contributed by atoms with E-state index in [0.717, 1.165) is 24.8 Å². The molecule has 0 aliphatic rings. The Hall–Kier alpha value is -2.90. The van der Waals surface area contributed by atoms with Crippen LogP contribution in [0.1, 0.15) is 23.1 Å². The van der Waals surface area contributed by atoms with E-state index >= 15 is 0 Å². The van der Waals surface area contributed by atoms with E-state index in [9.17, 15) is 0 Å². The lowest BCUT2D eigenvalue weighted by atomic mass is 10.00. The first-order valence-electron chi connectivity index (χ1n) is 9.20. The molecule has 1 radical (unpaired) electrons. The minimum Gasteiger partial charge on any atom is -0.492 e. The quantitative estimate of drug-likeness (QED) is 0.351. The predicted octanol–water partition coefficient (Wildman–Crippen LogP) is 4.24. The normalized spacial score (nSPS) is 9.96. The van der Waals surface area contributed by atoms with Gasteiger partial charge in [-0.1, -0.05) is 48.2 Å². The highest BCUT2D eigenvalue weighted by molar-refractivity contribution is 5.63. The molecule has 0 aliphatic heterocycles. The molecule has 4 nitrogen and oxygen atoms in total. The standard InChI is InChI=1S/C24H27O4/c1-5-16-28-17-10-15-21-18-20(14-9-13-19-11-7-6-8-12-19)22(25-2)24(27-4)23(21)26-3/h5-8,11-12H,1,9,13-14,16-17H2,2-4H3. The lowest BCUT2D eigenvalue weighted by Crippen LogP contribution is -2.03. The zero-order valence-corrected chi connectivity index (χ0v) is 16.8. The minimum atomic E-state index is 0.306. The molecule has 0 unspecified atom stereocenters. The molecule has 28 heavy (non-hydrogen) atoms. The second kappa shape index (κ2) is 11.7. The summed E-state index contributed by atoms with van der Waals surface area (Å²) in [6, 6.07) is 13.8. The SMILES string of the molecule is C=CCOCC#Cc1[c]c(CCCc2ccccc2)c(OC)c(OC)c1OC. The molecule has 0 amide bonds. The summed E-state index contributed by atoms with van der Waals surface area (Å²) in [5.74, 6) is 7.75. The van der Waals surface area contributed by atoms with E-state index in [1.54, 1.807) is 27.4 Å². The molecule has 0 saturated carbocycles. The predicted molar refractivity (Wildman–Crippen MR) is 111 cm³/mol. The summed E-state index contributed by atoms with van der Waals surface area (Å²) in [7, 11) is 4.80. The largest absolute Gasteiger partial charge is 0.492 e. The van der Waals surface area contributed by atoms with Crippen molar-refractivity contribution >= 4 is 0 Å². The molecule has 0 N–H and O–H groups in total. The van der Waals surface area contributed by atoms with Crippen molar-refractivity contribution in [1.82, 2.24) is 0 Å². The van der Waals surface area contributed by atoms with Gasteiger partial charge in [-0.05, 0) is 24.8 Å². The fourth-order valence-electron chi connectivity index (χ4n) is 2.91. The van der Waals surface area contributed by atoms with E-state index in [-0.39, 0.29) is 0 Å². The van der Waals surface area contributed by atoms with Crippen molar-refractivity contribution in [3.63, 3.8) is 0 Å². The van der Waals surface area contributed by atoms with E-state index in [1.807, 2.05) is 6.07 Å². The molecule has 0 bridgehead atoms. The van der Waals surface area contributed by atoms with Gasteiger partial charge in [-0.3, -0.25) is 0 Å². The Labute approximate surface area is 168 Å². The zero-order valence-electron chi connectivity index (χ0n) is 16.8. The van der Waals surface area contributed by atoms with Crippen molar-refractivity contribution in [2.24, 2.45) is 0 Å². The third-order valence-electron chi connectivity index (χ3n) is 4.16. The molecule has 0 saturated heterocycles. The summed E-state index contributed by atoms with van der Waals surface area (Å²) in [5.41, 5.74) is 2.87. The Morgan fingerprint density at radius 3 is 2.32 bits per heavy atom. The first-order chi connectivity index (χ1) is 13.7. The van der Waals surface area contributed by atoms with Crippen LogP contribution in [0.3, 0.4) is 0 Å². The molecule has 0 aromatic heterocycles. The van der Waals surface area contributed by atoms with Gasteiger partial charge in [0.15, 0.2) is 11.5 Å². The Balaban J connectivity index is 2.26. The third kappa shape index (κ3) is 5.80. The van der Waals surface area contributed by atoms with Gasteiger partial charge in [0.2, 0.25) is 5.75 Å². The van der Waals surface area contributed by atoms with Crippen molar-refractivity contribution < 1.29 is 18.9 Å². The number of methoxy groups -OCH3 is 3. The number of rotatable bonds is 10. The highest BCUT2D eigenvalue weighted by Gasteiger charge is 2.20. The summed E-state index contributed by atoms with van der Waals surface area (Å²) in [6.07, 6.45) is 4.42. The Kier molecular flexibility index (Phi) is 8.97. The summed E-state index contributed by atoms with van der Waals surface area (Å²) < 4.78 is 22.0. The number of ether oxygens (including phenoxy) is 4. The van der Waals surface area contributed by atoms with Gasteiger partial charge >= 0.3 is 0 Å². The van der Waals surface area contributed by atoms with Crippen molar-refractivity contribution in [3.8, 4) is 29.1 Å². The molecule has 0 atom stereocenters. The Bertz CT molecular complexity index is 816. The maximum Gasteiger partial charge on any atom is 0.204 e. The molecular weight excluding hydrogens is 352 g/mol. The van der Waals surface area contributed by atoms with Crippen LogP contribution in [0.5, 0.6) is 17.2 Å². The first kappa shape index (κ1) is 21.4. The Morgan fingerprint density at radius 1 is 0.964 bits per heavy atom. The van der Waals surface area contributed by atoms with Crippen LogP contribution in [-0.4, -0.2) is 34.5 Å². The fraction of sp³-hybridized carbons (Fsp3) is 0.333. The van der Waals surface area contributed by atoms with E-state index in [2.05, 4.69) is 48.8 Å². The van der Waals surface area contributed by atoms with Crippen molar-refractivity contribution in [1.29, 1.82) is 0 Å². The topological polar surface area (TPSA) is 36.9 Å². The molecule has 0 aliphatic carbocycles. The average molecular weight is 379 g/mol. The fourth-order valence-corrected chi connectivity index (χ4v) is 2.91. The lowest BCUT2D eigenvalue weighted by molar-refractivity contribution is 0.199. The van der Waals surface area contributed by atoms with E-state index in [4.69, 9.17) is 18.9 Å². The number of benzene rings is 2. The summed E-state index contributed by atoms with van der Waals surface area (Å²) in [4.78, 5) is 0. The summed E-state index contributed by atoms with van der Waals surface area (Å²) in [6.45, 7) is 4.39. The second-order valence-corrected chi connectivity index (χ2v) is 6.02. The number of aryl methyl sites for hydroxylation is 2. The molecule has 0 fully saturated rings. The molecule has 2 aromatic rings. The van der Waals surface area contributed by atoms with Gasteiger partial charge in [-0.15, -0.1) is 6.58 Å². The second-order valence-electron chi connectivity index (χ2n) is 6.02. The van der Waals surface area contributed by atoms with Crippen LogP contribution in [0.2, 0.25) is 0 Å². The highest BCUT2D eigenvalue weighted by atomic mass is 16.5. The van der Waals surface area contributed by atoms with Crippen LogP contribution in [0.15, 0.2) is 43.0 Å². The maximum atomic E-state index is 5.61. The molecule has 2 rings (SSSR count). The van der Waals surface area contributed by atoms with Crippen LogP contribution in [0, 0.1) is 17.9 Å². The van der Waals surface area contributed by atoms with Crippen molar-refractivity contribution in [2.75, 3.05) is 34.5 Å². The number of hydrogen-bond donors (Lipinski definition) is 0. The molecule has 0 spiro atoms. The zero-order chi connectivity index (χ0) is 20.2. The smallest absolute Gasteiger partial charge is 0.204 e. The molecule has 4 heteroatoms. The molecular formula is C24H27O4. The van der Waals surface area contributed by atoms with Gasteiger partial charge in [0.1, 0.15) is 6.61 Å². The molecule has 0 heterocycles. The van der Waals surface area contributed by atoms with Gasteiger partial charge in [-0.25, -0.2) is 0 Å². The summed E-state index contributed by atoms with van der Waals surface area (Å²) >= 11 is 0. The first-order valence-corrected chi connectivity index (χ1v) is 9.20. The minimum absolute atomic E-state index is 0.306. The Morgan fingerprint density at radius 2 is 1.68 bits per heavy atom. The maximum absolute atomic E-state index is 5.61. The summed E-state index contributed by atoms with van der Waals surface area (Å²) in [5, 5.41) is 0. The van der Waals surface area contributed by atoms with Crippen LogP contribution in [0.25, 0.3) is 0 Å². The van der Waals surface area contributed by atoms with Crippen molar-refractivity contribution in [2.45, 2.75) is 19.3 Å². The van der Waals surface area contributed by atoms with Gasteiger partial charge in [0, 0.05) is 11.6 Å². The average Bonchev–Trinajstić information content (AvgIpc) is 2.73. The van der Waals surface area contributed by atoms with Crippen LogP contribution < -0.4 is 14.2 Å². The third-order valence-corrected chi connectivity index (χ3v) is 4.16. The van der Waals surface area contributed by atoms with Gasteiger partial charge in [-0.2, -0.15) is 0 Å².